The summed E-state index contributed by atoms with van der Waals surface area (Å²) in [6.45, 7) is 8.08. The molecule has 2 aliphatic rings. The van der Waals surface area contributed by atoms with Crippen LogP contribution in [0.15, 0.2) is 30.3 Å². The SMILES string of the molecule is CC1CN(Cc2ccccc2)CCN(C2CCC(=O)CC2)C1. The lowest BCUT2D eigenvalue weighted by atomic mass is 9.92. The molecule has 1 saturated carbocycles. The van der Waals surface area contributed by atoms with Crippen molar-refractivity contribution in [2.45, 2.75) is 45.2 Å². The van der Waals surface area contributed by atoms with Gasteiger partial charge in [0.2, 0.25) is 0 Å². The summed E-state index contributed by atoms with van der Waals surface area (Å²) < 4.78 is 0. The van der Waals surface area contributed by atoms with Crippen LogP contribution in [0.3, 0.4) is 0 Å². The summed E-state index contributed by atoms with van der Waals surface area (Å²) in [6, 6.07) is 11.4. The van der Waals surface area contributed by atoms with Crippen molar-refractivity contribution in [2.75, 3.05) is 26.2 Å². The molecule has 3 rings (SSSR count). The topological polar surface area (TPSA) is 23.6 Å². The first-order valence-corrected chi connectivity index (χ1v) is 8.73. The standard InChI is InChI=1S/C19H28N2O/c1-16-13-20(15-17-5-3-2-4-6-17)11-12-21(14-16)18-7-9-19(22)10-8-18/h2-6,16,18H,7-15H2,1H3. The molecular formula is C19H28N2O. The van der Waals surface area contributed by atoms with Gasteiger partial charge in [-0.25, -0.2) is 0 Å². The highest BCUT2D eigenvalue weighted by atomic mass is 16.1. The Kier molecular flexibility index (Phi) is 5.27. The van der Waals surface area contributed by atoms with Crippen molar-refractivity contribution >= 4 is 5.78 Å². The molecule has 3 nitrogen and oxygen atoms in total. The molecule has 1 heterocycles. The van der Waals surface area contributed by atoms with Crippen molar-refractivity contribution in [3.63, 3.8) is 0 Å². The minimum absolute atomic E-state index is 0.463. The van der Waals surface area contributed by atoms with E-state index in [0.29, 0.717) is 17.7 Å². The summed E-state index contributed by atoms with van der Waals surface area (Å²) in [5.41, 5.74) is 1.41. The second-order valence-electron chi connectivity index (χ2n) is 7.09. The maximum Gasteiger partial charge on any atom is 0.133 e. The highest BCUT2D eigenvalue weighted by molar-refractivity contribution is 5.79. The van der Waals surface area contributed by atoms with Gasteiger partial charge in [0.15, 0.2) is 0 Å². The Balaban J connectivity index is 1.57. The van der Waals surface area contributed by atoms with Crippen LogP contribution in [0.1, 0.15) is 38.2 Å². The van der Waals surface area contributed by atoms with Gasteiger partial charge in [0.25, 0.3) is 0 Å². The molecule has 1 atom stereocenters. The molecule has 0 amide bonds. The number of Topliss-reactive ketones (excluding diaryl/α,β-unsaturated/α-hetero) is 1. The number of carbonyl (C=O) groups is 1. The Morgan fingerprint density at radius 2 is 1.77 bits per heavy atom. The predicted molar refractivity (Wildman–Crippen MR) is 89.7 cm³/mol. The van der Waals surface area contributed by atoms with Crippen molar-refractivity contribution in [1.29, 1.82) is 0 Å². The van der Waals surface area contributed by atoms with Gasteiger partial charge in [-0.1, -0.05) is 37.3 Å². The Labute approximate surface area is 134 Å². The van der Waals surface area contributed by atoms with Crippen LogP contribution in [0.5, 0.6) is 0 Å². The van der Waals surface area contributed by atoms with Crippen molar-refractivity contribution < 1.29 is 4.79 Å². The van der Waals surface area contributed by atoms with E-state index >= 15 is 0 Å². The van der Waals surface area contributed by atoms with Gasteiger partial charge in [-0.05, 0) is 24.3 Å². The fourth-order valence-electron chi connectivity index (χ4n) is 3.96. The van der Waals surface area contributed by atoms with Crippen molar-refractivity contribution in [2.24, 2.45) is 5.92 Å². The highest BCUT2D eigenvalue weighted by Gasteiger charge is 2.28. The van der Waals surface area contributed by atoms with Gasteiger partial charge in [0, 0.05) is 51.6 Å². The van der Waals surface area contributed by atoms with Crippen LogP contribution in [0, 0.1) is 5.92 Å². The quantitative estimate of drug-likeness (QED) is 0.857. The highest BCUT2D eigenvalue weighted by Crippen LogP contribution is 2.23. The molecule has 0 aromatic heterocycles. The van der Waals surface area contributed by atoms with E-state index in [2.05, 4.69) is 47.1 Å². The third kappa shape index (κ3) is 4.17. The molecule has 1 unspecified atom stereocenters. The summed E-state index contributed by atoms with van der Waals surface area (Å²) in [7, 11) is 0. The summed E-state index contributed by atoms with van der Waals surface area (Å²) in [5, 5.41) is 0. The largest absolute Gasteiger partial charge is 0.300 e. The van der Waals surface area contributed by atoms with E-state index in [0.717, 1.165) is 45.3 Å². The molecule has 1 aliphatic carbocycles. The van der Waals surface area contributed by atoms with Gasteiger partial charge in [-0.15, -0.1) is 0 Å². The van der Waals surface area contributed by atoms with Gasteiger partial charge >= 0.3 is 0 Å². The van der Waals surface area contributed by atoms with Crippen LogP contribution in [-0.2, 0) is 11.3 Å². The first kappa shape index (κ1) is 15.7. The lowest BCUT2D eigenvalue weighted by Crippen LogP contribution is -2.41. The Bertz CT molecular complexity index is 477. The molecule has 0 spiro atoms. The summed E-state index contributed by atoms with van der Waals surface area (Å²) in [6.07, 6.45) is 3.74. The molecule has 0 N–H and O–H groups in total. The monoisotopic (exact) mass is 300 g/mol. The number of ketones is 1. The first-order chi connectivity index (χ1) is 10.7. The average Bonchev–Trinajstić information content (AvgIpc) is 2.70. The number of nitrogens with zero attached hydrogens (tertiary/aromatic N) is 2. The average molecular weight is 300 g/mol. The number of carbonyl (C=O) groups excluding carboxylic acids is 1. The van der Waals surface area contributed by atoms with Crippen molar-refractivity contribution in [3.05, 3.63) is 35.9 Å². The van der Waals surface area contributed by atoms with Crippen molar-refractivity contribution in [3.8, 4) is 0 Å². The number of benzene rings is 1. The van der Waals surface area contributed by atoms with Gasteiger partial charge in [-0.3, -0.25) is 14.6 Å². The zero-order valence-electron chi connectivity index (χ0n) is 13.7. The molecule has 2 fully saturated rings. The molecule has 120 valence electrons. The maximum atomic E-state index is 11.5. The van der Waals surface area contributed by atoms with Crippen LogP contribution in [0.25, 0.3) is 0 Å². The molecule has 22 heavy (non-hydrogen) atoms. The number of hydrogen-bond acceptors (Lipinski definition) is 3. The molecule has 1 saturated heterocycles. The smallest absolute Gasteiger partial charge is 0.133 e. The number of rotatable bonds is 3. The van der Waals surface area contributed by atoms with E-state index in [1.54, 1.807) is 0 Å². The molecule has 3 heteroatoms. The van der Waals surface area contributed by atoms with Crippen LogP contribution < -0.4 is 0 Å². The second-order valence-corrected chi connectivity index (χ2v) is 7.09. The minimum Gasteiger partial charge on any atom is -0.300 e. The maximum absolute atomic E-state index is 11.5. The lowest BCUT2D eigenvalue weighted by molar-refractivity contribution is -0.121. The van der Waals surface area contributed by atoms with E-state index in [1.807, 2.05) is 0 Å². The van der Waals surface area contributed by atoms with Crippen LogP contribution in [-0.4, -0.2) is 47.8 Å². The molecule has 0 bridgehead atoms. The zero-order valence-corrected chi connectivity index (χ0v) is 13.7. The normalized spacial score (nSPS) is 26.0. The number of hydrogen-bond donors (Lipinski definition) is 0. The Hall–Kier alpha value is -1.19. The summed E-state index contributed by atoms with van der Waals surface area (Å²) in [5.74, 6) is 1.16. The van der Waals surface area contributed by atoms with E-state index in [1.165, 1.54) is 18.7 Å². The van der Waals surface area contributed by atoms with Gasteiger partial charge in [0.05, 0.1) is 0 Å². The lowest BCUT2D eigenvalue weighted by Gasteiger charge is -2.33. The van der Waals surface area contributed by atoms with E-state index < -0.39 is 0 Å². The molecule has 1 aromatic carbocycles. The van der Waals surface area contributed by atoms with Crippen LogP contribution >= 0.6 is 0 Å². The third-order valence-corrected chi connectivity index (χ3v) is 5.10. The van der Waals surface area contributed by atoms with Gasteiger partial charge in [0.1, 0.15) is 5.78 Å². The van der Waals surface area contributed by atoms with E-state index in [4.69, 9.17) is 0 Å². The molecule has 1 aliphatic heterocycles. The van der Waals surface area contributed by atoms with Crippen molar-refractivity contribution in [1.82, 2.24) is 9.80 Å². The van der Waals surface area contributed by atoms with E-state index in [-0.39, 0.29) is 0 Å². The third-order valence-electron chi connectivity index (χ3n) is 5.10. The Morgan fingerprint density at radius 1 is 1.05 bits per heavy atom. The summed E-state index contributed by atoms with van der Waals surface area (Å²) in [4.78, 5) is 16.7. The second kappa shape index (κ2) is 7.38. The van der Waals surface area contributed by atoms with Crippen LogP contribution in [0.4, 0.5) is 0 Å². The minimum atomic E-state index is 0.463. The zero-order chi connectivity index (χ0) is 15.4. The first-order valence-electron chi connectivity index (χ1n) is 8.73. The Morgan fingerprint density at radius 3 is 2.50 bits per heavy atom. The molecular weight excluding hydrogens is 272 g/mol. The molecule has 1 aromatic rings. The van der Waals surface area contributed by atoms with Crippen LogP contribution in [0.2, 0.25) is 0 Å². The van der Waals surface area contributed by atoms with Gasteiger partial charge in [-0.2, -0.15) is 0 Å². The predicted octanol–water partition coefficient (Wildman–Crippen LogP) is 2.95. The molecule has 0 radical (unpaired) electrons. The summed E-state index contributed by atoms with van der Waals surface area (Å²) >= 11 is 0. The van der Waals surface area contributed by atoms with E-state index in [9.17, 15) is 4.79 Å². The van der Waals surface area contributed by atoms with Gasteiger partial charge < -0.3 is 0 Å². The fraction of sp³-hybridized carbons (Fsp3) is 0.632. The fourth-order valence-corrected chi connectivity index (χ4v) is 3.96.